The number of benzene rings is 3. The number of nitrogens with two attached hydrogens (primary N) is 1. The average Bonchev–Trinajstić information content (AvgIpc) is 2.74. The fraction of sp³-hybridized carbons (Fsp3) is 0.167. The van der Waals surface area contributed by atoms with Gasteiger partial charge in [0.15, 0.2) is 0 Å². The average molecular weight is 370 g/mol. The number of anilines is 1. The molecule has 3 aromatic rings. The SMILES string of the molecule is NC(=O)c1cccc(-c2ccc(N3CCCCC3=O)cc2)c1-c1ccccc1. The minimum Gasteiger partial charge on any atom is -0.366 e. The maximum atomic E-state index is 12.2. The van der Waals surface area contributed by atoms with Crippen LogP contribution in [0.3, 0.4) is 0 Å². The smallest absolute Gasteiger partial charge is 0.249 e. The van der Waals surface area contributed by atoms with E-state index >= 15 is 0 Å². The molecule has 4 heteroatoms. The highest BCUT2D eigenvalue weighted by molar-refractivity contribution is 6.04. The summed E-state index contributed by atoms with van der Waals surface area (Å²) in [6.45, 7) is 0.768. The van der Waals surface area contributed by atoms with E-state index in [9.17, 15) is 9.59 Å². The van der Waals surface area contributed by atoms with Crippen LogP contribution in [0, 0.1) is 0 Å². The highest BCUT2D eigenvalue weighted by Gasteiger charge is 2.20. The molecule has 0 bridgehead atoms. The largest absolute Gasteiger partial charge is 0.366 e. The number of amides is 2. The topological polar surface area (TPSA) is 63.4 Å². The molecule has 0 unspecified atom stereocenters. The summed E-state index contributed by atoms with van der Waals surface area (Å²) in [5, 5.41) is 0. The predicted octanol–water partition coefficient (Wildman–Crippen LogP) is 4.64. The zero-order chi connectivity index (χ0) is 19.5. The molecule has 2 N–H and O–H groups in total. The van der Waals surface area contributed by atoms with E-state index in [1.165, 1.54) is 0 Å². The minimum absolute atomic E-state index is 0.180. The lowest BCUT2D eigenvalue weighted by Crippen LogP contribution is -2.35. The summed E-state index contributed by atoms with van der Waals surface area (Å²) in [7, 11) is 0. The summed E-state index contributed by atoms with van der Waals surface area (Å²) in [5.74, 6) is -0.268. The summed E-state index contributed by atoms with van der Waals surface area (Å²) in [5.41, 5.74) is 10.8. The van der Waals surface area contributed by atoms with Crippen LogP contribution in [0.4, 0.5) is 5.69 Å². The summed E-state index contributed by atoms with van der Waals surface area (Å²) in [4.78, 5) is 26.1. The third kappa shape index (κ3) is 3.41. The summed E-state index contributed by atoms with van der Waals surface area (Å²) >= 11 is 0. The van der Waals surface area contributed by atoms with Crippen molar-refractivity contribution in [3.8, 4) is 22.3 Å². The highest BCUT2D eigenvalue weighted by atomic mass is 16.2. The Morgan fingerprint density at radius 2 is 1.57 bits per heavy atom. The van der Waals surface area contributed by atoms with Crippen LogP contribution in [0.25, 0.3) is 22.3 Å². The number of hydrogen-bond acceptors (Lipinski definition) is 2. The van der Waals surface area contributed by atoms with E-state index < -0.39 is 5.91 Å². The Labute approximate surface area is 164 Å². The van der Waals surface area contributed by atoms with Crippen LogP contribution >= 0.6 is 0 Å². The van der Waals surface area contributed by atoms with E-state index in [0.717, 1.165) is 47.3 Å². The van der Waals surface area contributed by atoms with Gasteiger partial charge in [-0.2, -0.15) is 0 Å². The van der Waals surface area contributed by atoms with Gasteiger partial charge in [-0.05, 0) is 47.7 Å². The Kier molecular flexibility index (Phi) is 4.94. The number of carbonyl (C=O) groups is 2. The minimum atomic E-state index is -0.448. The molecule has 1 aliphatic heterocycles. The first-order chi connectivity index (χ1) is 13.6. The fourth-order valence-corrected chi connectivity index (χ4v) is 3.81. The van der Waals surface area contributed by atoms with Gasteiger partial charge < -0.3 is 10.6 Å². The van der Waals surface area contributed by atoms with Crippen molar-refractivity contribution in [2.24, 2.45) is 5.73 Å². The van der Waals surface area contributed by atoms with Gasteiger partial charge in [0.1, 0.15) is 0 Å². The van der Waals surface area contributed by atoms with Crippen molar-refractivity contribution in [2.45, 2.75) is 19.3 Å². The molecule has 0 aliphatic carbocycles. The molecule has 1 saturated heterocycles. The molecule has 28 heavy (non-hydrogen) atoms. The summed E-state index contributed by atoms with van der Waals surface area (Å²) < 4.78 is 0. The second kappa shape index (κ2) is 7.69. The van der Waals surface area contributed by atoms with Gasteiger partial charge in [-0.25, -0.2) is 0 Å². The molecular weight excluding hydrogens is 348 g/mol. The third-order valence-electron chi connectivity index (χ3n) is 5.21. The molecule has 4 rings (SSSR count). The lowest BCUT2D eigenvalue weighted by Gasteiger charge is -2.27. The van der Waals surface area contributed by atoms with Crippen LogP contribution < -0.4 is 10.6 Å². The molecule has 0 spiro atoms. The van der Waals surface area contributed by atoms with Gasteiger partial charge in [-0.3, -0.25) is 9.59 Å². The van der Waals surface area contributed by atoms with Crippen molar-refractivity contribution in [3.63, 3.8) is 0 Å². The number of rotatable bonds is 4. The van der Waals surface area contributed by atoms with Gasteiger partial charge in [0.25, 0.3) is 0 Å². The molecular formula is C24H22N2O2. The Morgan fingerprint density at radius 1 is 0.821 bits per heavy atom. The molecule has 1 aliphatic rings. The first kappa shape index (κ1) is 18.0. The molecule has 1 heterocycles. The van der Waals surface area contributed by atoms with Crippen LogP contribution in [-0.2, 0) is 4.79 Å². The molecule has 3 aromatic carbocycles. The molecule has 4 nitrogen and oxygen atoms in total. The Hall–Kier alpha value is -3.40. The van der Waals surface area contributed by atoms with E-state index in [1.807, 2.05) is 71.6 Å². The molecule has 0 atom stereocenters. The third-order valence-corrected chi connectivity index (χ3v) is 5.21. The van der Waals surface area contributed by atoms with Crippen molar-refractivity contribution < 1.29 is 9.59 Å². The molecule has 0 saturated carbocycles. The van der Waals surface area contributed by atoms with Gasteiger partial charge >= 0.3 is 0 Å². The van der Waals surface area contributed by atoms with Crippen molar-refractivity contribution >= 4 is 17.5 Å². The Balaban J connectivity index is 1.78. The van der Waals surface area contributed by atoms with Crippen LogP contribution in [0.1, 0.15) is 29.6 Å². The number of carbonyl (C=O) groups excluding carboxylic acids is 2. The Bertz CT molecular complexity index is 1010. The monoisotopic (exact) mass is 370 g/mol. The maximum absolute atomic E-state index is 12.2. The lowest BCUT2D eigenvalue weighted by molar-refractivity contribution is -0.119. The number of piperidine rings is 1. The number of nitrogens with zero attached hydrogens (tertiary/aromatic N) is 1. The quantitative estimate of drug-likeness (QED) is 0.727. The highest BCUT2D eigenvalue weighted by Crippen LogP contribution is 2.36. The van der Waals surface area contributed by atoms with Crippen LogP contribution in [0.15, 0.2) is 72.8 Å². The normalized spacial score (nSPS) is 14.1. The molecule has 1 fully saturated rings. The van der Waals surface area contributed by atoms with E-state index in [-0.39, 0.29) is 5.91 Å². The summed E-state index contributed by atoms with van der Waals surface area (Å²) in [6, 6.07) is 23.4. The van der Waals surface area contributed by atoms with E-state index in [2.05, 4.69) is 0 Å². The van der Waals surface area contributed by atoms with Gasteiger partial charge in [0.2, 0.25) is 11.8 Å². The van der Waals surface area contributed by atoms with Gasteiger partial charge in [0, 0.05) is 29.8 Å². The van der Waals surface area contributed by atoms with Crippen LogP contribution in [0.2, 0.25) is 0 Å². The standard InChI is InChI=1S/C24H22N2O2/c25-24(28)21-10-6-9-20(23(21)18-7-2-1-3-8-18)17-12-14-19(15-13-17)26-16-5-4-11-22(26)27/h1-3,6-10,12-15H,4-5,11,16H2,(H2,25,28). The van der Waals surface area contributed by atoms with Crippen molar-refractivity contribution in [1.82, 2.24) is 0 Å². The van der Waals surface area contributed by atoms with Crippen molar-refractivity contribution in [1.29, 1.82) is 0 Å². The van der Waals surface area contributed by atoms with Gasteiger partial charge in [-0.1, -0.05) is 54.6 Å². The molecule has 2 amide bonds. The number of hydrogen-bond donors (Lipinski definition) is 1. The first-order valence-electron chi connectivity index (χ1n) is 9.54. The zero-order valence-electron chi connectivity index (χ0n) is 15.6. The first-order valence-corrected chi connectivity index (χ1v) is 9.54. The Morgan fingerprint density at radius 3 is 2.25 bits per heavy atom. The molecule has 0 radical (unpaired) electrons. The summed E-state index contributed by atoms with van der Waals surface area (Å²) in [6.07, 6.45) is 2.61. The van der Waals surface area contributed by atoms with E-state index in [4.69, 9.17) is 5.73 Å². The fourth-order valence-electron chi connectivity index (χ4n) is 3.81. The van der Waals surface area contributed by atoms with Crippen molar-refractivity contribution in [3.05, 3.63) is 78.4 Å². The second-order valence-electron chi connectivity index (χ2n) is 7.01. The molecule has 0 aromatic heterocycles. The van der Waals surface area contributed by atoms with Gasteiger partial charge in [0.05, 0.1) is 0 Å². The van der Waals surface area contributed by atoms with Crippen molar-refractivity contribution in [2.75, 3.05) is 11.4 Å². The lowest BCUT2D eigenvalue weighted by atomic mass is 9.90. The van der Waals surface area contributed by atoms with Crippen LogP contribution in [-0.4, -0.2) is 18.4 Å². The maximum Gasteiger partial charge on any atom is 0.249 e. The molecule has 140 valence electrons. The number of primary amides is 1. The second-order valence-corrected chi connectivity index (χ2v) is 7.01. The van der Waals surface area contributed by atoms with Crippen LogP contribution in [0.5, 0.6) is 0 Å². The zero-order valence-corrected chi connectivity index (χ0v) is 15.6. The van der Waals surface area contributed by atoms with E-state index in [0.29, 0.717) is 12.0 Å². The van der Waals surface area contributed by atoms with Gasteiger partial charge in [-0.15, -0.1) is 0 Å². The predicted molar refractivity (Wildman–Crippen MR) is 112 cm³/mol. The van der Waals surface area contributed by atoms with E-state index in [1.54, 1.807) is 6.07 Å².